The van der Waals surface area contributed by atoms with E-state index in [-0.39, 0.29) is 12.1 Å². The number of hydrogen-bond acceptors (Lipinski definition) is 3. The smallest absolute Gasteiger partial charge is 0.0579 e. The van der Waals surface area contributed by atoms with Gasteiger partial charge in [-0.15, -0.1) is 0 Å². The highest BCUT2D eigenvalue weighted by Crippen LogP contribution is 2.27. The lowest BCUT2D eigenvalue weighted by Crippen LogP contribution is -2.36. The van der Waals surface area contributed by atoms with Crippen molar-refractivity contribution in [1.82, 2.24) is 0 Å². The average Bonchev–Trinajstić information content (AvgIpc) is 2.29. The zero-order valence-corrected chi connectivity index (χ0v) is 10.4. The van der Waals surface area contributed by atoms with Gasteiger partial charge in [0.15, 0.2) is 0 Å². The monoisotopic (exact) mass is 229 g/mol. The van der Waals surface area contributed by atoms with Gasteiger partial charge in [0.1, 0.15) is 0 Å². The summed E-state index contributed by atoms with van der Waals surface area (Å²) < 4.78 is 0. The van der Waals surface area contributed by atoms with Crippen molar-refractivity contribution in [2.24, 2.45) is 11.7 Å². The highest BCUT2D eigenvalue weighted by atomic mass is 16.3. The minimum atomic E-state index is -0.438. The molecule has 0 bridgehead atoms. The first-order chi connectivity index (χ1) is 7.63. The number of aliphatic hydroxyl groups is 2. The summed E-state index contributed by atoms with van der Waals surface area (Å²) in [6.07, 6.45) is 7.32. The van der Waals surface area contributed by atoms with Crippen LogP contribution in [0.25, 0.3) is 0 Å². The van der Waals surface area contributed by atoms with Crippen molar-refractivity contribution in [3.05, 3.63) is 0 Å². The molecule has 1 saturated carbocycles. The molecule has 96 valence electrons. The zero-order chi connectivity index (χ0) is 12.0. The molecular formula is C13H27NO2. The molecule has 4 N–H and O–H groups in total. The number of aliphatic hydroxyl groups excluding tert-OH is 2. The number of nitrogens with two attached hydrogens (primary N) is 1. The third-order valence-electron chi connectivity index (χ3n) is 3.81. The van der Waals surface area contributed by atoms with Crippen LogP contribution in [-0.2, 0) is 0 Å². The van der Waals surface area contributed by atoms with Crippen molar-refractivity contribution in [2.75, 3.05) is 0 Å². The van der Waals surface area contributed by atoms with E-state index in [1.165, 1.54) is 32.1 Å². The van der Waals surface area contributed by atoms with Crippen LogP contribution >= 0.6 is 0 Å². The largest absolute Gasteiger partial charge is 0.393 e. The standard InChI is InChI=1S/C13H27NO2/c1-2-11(15)8-12(16)9-13(14)10-6-4-3-5-7-10/h10-13,15-16H,2-9,14H2,1H3. The lowest BCUT2D eigenvalue weighted by atomic mass is 9.82. The Morgan fingerprint density at radius 3 is 2.25 bits per heavy atom. The molecule has 0 aromatic heterocycles. The zero-order valence-electron chi connectivity index (χ0n) is 10.4. The van der Waals surface area contributed by atoms with Gasteiger partial charge in [0.05, 0.1) is 12.2 Å². The van der Waals surface area contributed by atoms with Crippen molar-refractivity contribution in [2.45, 2.75) is 76.5 Å². The Kier molecular flexibility index (Phi) is 6.32. The van der Waals surface area contributed by atoms with Gasteiger partial charge in [0.2, 0.25) is 0 Å². The first-order valence-electron chi connectivity index (χ1n) is 6.75. The molecule has 1 aliphatic carbocycles. The molecule has 16 heavy (non-hydrogen) atoms. The number of hydrogen-bond donors (Lipinski definition) is 3. The molecule has 0 spiro atoms. The van der Waals surface area contributed by atoms with Crippen LogP contribution in [0, 0.1) is 5.92 Å². The van der Waals surface area contributed by atoms with Gasteiger partial charge < -0.3 is 15.9 Å². The fourth-order valence-corrected chi connectivity index (χ4v) is 2.65. The van der Waals surface area contributed by atoms with Crippen LogP contribution in [0.3, 0.4) is 0 Å². The van der Waals surface area contributed by atoms with E-state index in [2.05, 4.69) is 0 Å². The van der Waals surface area contributed by atoms with Gasteiger partial charge in [0, 0.05) is 6.04 Å². The molecule has 0 amide bonds. The minimum Gasteiger partial charge on any atom is -0.393 e. The summed E-state index contributed by atoms with van der Waals surface area (Å²) in [5.74, 6) is 0.585. The second-order valence-electron chi connectivity index (χ2n) is 5.25. The highest BCUT2D eigenvalue weighted by Gasteiger charge is 2.23. The van der Waals surface area contributed by atoms with Crippen molar-refractivity contribution >= 4 is 0 Å². The molecule has 1 rings (SSSR count). The molecule has 1 fully saturated rings. The molecule has 0 aromatic rings. The van der Waals surface area contributed by atoms with E-state index < -0.39 is 6.10 Å². The van der Waals surface area contributed by atoms with E-state index in [4.69, 9.17) is 5.73 Å². The van der Waals surface area contributed by atoms with E-state index in [0.29, 0.717) is 25.2 Å². The maximum atomic E-state index is 9.81. The summed E-state index contributed by atoms with van der Waals surface area (Å²) in [7, 11) is 0. The van der Waals surface area contributed by atoms with Crippen LogP contribution in [0.1, 0.15) is 58.3 Å². The van der Waals surface area contributed by atoms with Gasteiger partial charge in [-0.25, -0.2) is 0 Å². The highest BCUT2D eigenvalue weighted by molar-refractivity contribution is 4.79. The maximum absolute atomic E-state index is 9.81. The Hall–Kier alpha value is -0.120. The normalized spacial score (nSPS) is 24.0. The average molecular weight is 229 g/mol. The Bertz CT molecular complexity index is 181. The predicted molar refractivity (Wildman–Crippen MR) is 66.1 cm³/mol. The van der Waals surface area contributed by atoms with E-state index in [1.807, 2.05) is 6.92 Å². The van der Waals surface area contributed by atoms with Crippen LogP contribution in [-0.4, -0.2) is 28.5 Å². The molecule has 1 aliphatic rings. The fraction of sp³-hybridized carbons (Fsp3) is 1.00. The van der Waals surface area contributed by atoms with Crippen LogP contribution in [0.2, 0.25) is 0 Å². The van der Waals surface area contributed by atoms with Crippen LogP contribution in [0.15, 0.2) is 0 Å². The van der Waals surface area contributed by atoms with Gasteiger partial charge in [-0.3, -0.25) is 0 Å². The SMILES string of the molecule is CCC(O)CC(O)CC(N)C1CCCCC1. The van der Waals surface area contributed by atoms with Crippen LogP contribution in [0.4, 0.5) is 0 Å². The molecule has 0 aliphatic heterocycles. The topological polar surface area (TPSA) is 66.5 Å². The second kappa shape index (κ2) is 7.25. The fourth-order valence-electron chi connectivity index (χ4n) is 2.65. The predicted octanol–water partition coefficient (Wildman–Crippen LogP) is 1.81. The molecular weight excluding hydrogens is 202 g/mol. The minimum absolute atomic E-state index is 0.111. The Labute approximate surface area is 99.0 Å². The van der Waals surface area contributed by atoms with Gasteiger partial charge >= 0.3 is 0 Å². The first kappa shape index (κ1) is 13.9. The van der Waals surface area contributed by atoms with E-state index in [0.717, 1.165) is 0 Å². The first-order valence-corrected chi connectivity index (χ1v) is 6.75. The van der Waals surface area contributed by atoms with Gasteiger partial charge in [-0.2, -0.15) is 0 Å². The lowest BCUT2D eigenvalue weighted by molar-refractivity contribution is 0.0638. The van der Waals surface area contributed by atoms with Gasteiger partial charge in [0.25, 0.3) is 0 Å². The summed E-state index contributed by atoms with van der Waals surface area (Å²) in [4.78, 5) is 0. The quantitative estimate of drug-likeness (QED) is 0.650. The molecule has 3 unspecified atom stereocenters. The molecule has 0 saturated heterocycles. The molecule has 0 aromatic carbocycles. The van der Waals surface area contributed by atoms with Crippen LogP contribution < -0.4 is 5.73 Å². The van der Waals surface area contributed by atoms with Gasteiger partial charge in [-0.1, -0.05) is 26.2 Å². The maximum Gasteiger partial charge on any atom is 0.0579 e. The molecule has 3 nitrogen and oxygen atoms in total. The van der Waals surface area contributed by atoms with Crippen molar-refractivity contribution in [1.29, 1.82) is 0 Å². The van der Waals surface area contributed by atoms with E-state index in [9.17, 15) is 10.2 Å². The van der Waals surface area contributed by atoms with Crippen LogP contribution in [0.5, 0.6) is 0 Å². The molecule has 0 heterocycles. The Morgan fingerprint density at radius 2 is 1.69 bits per heavy atom. The lowest BCUT2D eigenvalue weighted by Gasteiger charge is -2.29. The molecule has 3 heteroatoms. The Balaban J connectivity index is 2.23. The summed E-state index contributed by atoms with van der Waals surface area (Å²) >= 11 is 0. The van der Waals surface area contributed by atoms with E-state index >= 15 is 0 Å². The van der Waals surface area contributed by atoms with E-state index in [1.54, 1.807) is 0 Å². The molecule has 3 atom stereocenters. The number of rotatable bonds is 6. The third-order valence-corrected chi connectivity index (χ3v) is 3.81. The van der Waals surface area contributed by atoms with Gasteiger partial charge in [-0.05, 0) is 38.0 Å². The summed E-state index contributed by atoms with van der Waals surface area (Å²) in [6, 6.07) is 0.111. The molecule has 0 radical (unpaired) electrons. The van der Waals surface area contributed by atoms with Crippen molar-refractivity contribution < 1.29 is 10.2 Å². The third kappa shape index (κ3) is 4.81. The summed E-state index contributed by atoms with van der Waals surface area (Å²) in [5, 5.41) is 19.3. The summed E-state index contributed by atoms with van der Waals surface area (Å²) in [6.45, 7) is 1.93. The second-order valence-corrected chi connectivity index (χ2v) is 5.25. The van der Waals surface area contributed by atoms with Crippen molar-refractivity contribution in [3.63, 3.8) is 0 Å². The van der Waals surface area contributed by atoms with Crippen molar-refractivity contribution in [3.8, 4) is 0 Å². The Morgan fingerprint density at radius 1 is 1.06 bits per heavy atom. The summed E-state index contributed by atoms with van der Waals surface area (Å²) in [5.41, 5.74) is 6.12.